The van der Waals surface area contributed by atoms with E-state index in [-0.39, 0.29) is 17.9 Å². The molecule has 1 aromatic carbocycles. The zero-order valence-corrected chi connectivity index (χ0v) is 20.2. The number of likely N-dealkylation sites (N-methyl/N-ethyl adjacent to an activating group) is 1. The monoisotopic (exact) mass is 463 g/mol. The van der Waals surface area contributed by atoms with Gasteiger partial charge in [-0.25, -0.2) is 9.50 Å². The minimum absolute atomic E-state index is 0.0156. The third-order valence-electron chi connectivity index (χ3n) is 6.08. The molecule has 3 aromatic rings. The molecule has 0 fully saturated rings. The fraction of sp³-hybridized carbons (Fsp3) is 0.462. The standard InChI is InChI=1S/C26H33N5O3/c1-18(2)23-24(29-25-21(16-27)17-28-31(25)26(23)34)20-11-9-19(10-12-20)13-15-30(3)14-7-5-4-6-8-22(32)33/h9-12,17-18,28H,4-8,13-15H2,1-3H3,(H,32,33). The van der Waals surface area contributed by atoms with Crippen molar-refractivity contribution in [2.24, 2.45) is 0 Å². The first kappa shape index (κ1) is 25.2. The van der Waals surface area contributed by atoms with Crippen molar-refractivity contribution in [3.05, 3.63) is 57.5 Å². The van der Waals surface area contributed by atoms with E-state index in [0.29, 0.717) is 22.5 Å². The number of benzene rings is 1. The van der Waals surface area contributed by atoms with Gasteiger partial charge in [0.05, 0.1) is 5.69 Å². The van der Waals surface area contributed by atoms with Gasteiger partial charge in [0.1, 0.15) is 11.6 Å². The molecule has 0 bridgehead atoms. The van der Waals surface area contributed by atoms with Crippen LogP contribution in [0.1, 0.15) is 68.6 Å². The molecule has 8 nitrogen and oxygen atoms in total. The summed E-state index contributed by atoms with van der Waals surface area (Å²) in [6.07, 6.45) is 6.51. The zero-order chi connectivity index (χ0) is 24.7. The number of unbranched alkanes of at least 4 members (excludes halogenated alkanes) is 3. The van der Waals surface area contributed by atoms with Crippen molar-refractivity contribution in [2.75, 3.05) is 20.1 Å². The van der Waals surface area contributed by atoms with Gasteiger partial charge in [0, 0.05) is 30.3 Å². The van der Waals surface area contributed by atoms with E-state index in [1.54, 1.807) is 0 Å². The molecule has 0 aliphatic heterocycles. The first-order valence-electron chi connectivity index (χ1n) is 11.9. The molecule has 0 spiro atoms. The third kappa shape index (κ3) is 6.12. The average molecular weight is 464 g/mol. The Morgan fingerprint density at radius 3 is 2.53 bits per heavy atom. The van der Waals surface area contributed by atoms with Gasteiger partial charge in [0.2, 0.25) is 0 Å². The lowest BCUT2D eigenvalue weighted by Gasteiger charge is -2.17. The van der Waals surface area contributed by atoms with Crippen LogP contribution in [-0.4, -0.2) is 50.7 Å². The minimum Gasteiger partial charge on any atom is -0.481 e. The number of rotatable bonds is 12. The van der Waals surface area contributed by atoms with Crippen LogP contribution in [0.5, 0.6) is 0 Å². The van der Waals surface area contributed by atoms with Crippen LogP contribution in [0.3, 0.4) is 0 Å². The Kier molecular flexibility index (Phi) is 8.61. The lowest BCUT2D eigenvalue weighted by molar-refractivity contribution is -0.137. The number of aromatic nitrogens is 3. The van der Waals surface area contributed by atoms with Gasteiger partial charge in [-0.1, -0.05) is 51.0 Å². The molecule has 2 N–H and O–H groups in total. The van der Waals surface area contributed by atoms with E-state index in [9.17, 15) is 14.9 Å². The predicted molar refractivity (Wildman–Crippen MR) is 132 cm³/mol. The van der Waals surface area contributed by atoms with Gasteiger partial charge in [-0.05, 0) is 44.3 Å². The fourth-order valence-corrected chi connectivity index (χ4v) is 4.12. The summed E-state index contributed by atoms with van der Waals surface area (Å²) in [5.74, 6) is -0.734. The van der Waals surface area contributed by atoms with E-state index >= 15 is 0 Å². The van der Waals surface area contributed by atoms with E-state index in [0.717, 1.165) is 50.8 Å². The van der Waals surface area contributed by atoms with Crippen LogP contribution in [0.25, 0.3) is 16.9 Å². The van der Waals surface area contributed by atoms with Crippen molar-refractivity contribution < 1.29 is 9.90 Å². The molecule has 180 valence electrons. The number of carboxylic acids is 1. The number of hydrogen-bond acceptors (Lipinski definition) is 5. The maximum atomic E-state index is 13.1. The molecule has 0 aliphatic carbocycles. The van der Waals surface area contributed by atoms with Crippen LogP contribution in [0.4, 0.5) is 0 Å². The van der Waals surface area contributed by atoms with Crippen LogP contribution < -0.4 is 5.56 Å². The number of nitrogens with one attached hydrogen (secondary N) is 1. The molecule has 0 amide bonds. The average Bonchev–Trinajstić information content (AvgIpc) is 3.23. The molecule has 34 heavy (non-hydrogen) atoms. The highest BCUT2D eigenvalue weighted by atomic mass is 16.4. The first-order valence-corrected chi connectivity index (χ1v) is 11.9. The lowest BCUT2D eigenvalue weighted by Crippen LogP contribution is -2.23. The molecule has 0 saturated carbocycles. The second kappa shape index (κ2) is 11.6. The summed E-state index contributed by atoms with van der Waals surface area (Å²) in [7, 11) is 2.11. The Hall–Kier alpha value is -3.44. The SMILES string of the molecule is CC(C)c1c(-c2ccc(CCN(C)CCCCCCC(=O)O)cc2)nc2c(C#N)c[nH]n2c1=O. The van der Waals surface area contributed by atoms with Crippen molar-refractivity contribution in [2.45, 2.75) is 58.3 Å². The maximum Gasteiger partial charge on any atom is 0.303 e. The van der Waals surface area contributed by atoms with E-state index in [4.69, 9.17) is 10.1 Å². The largest absolute Gasteiger partial charge is 0.481 e. The number of nitrogens with zero attached hydrogens (tertiary/aromatic N) is 4. The van der Waals surface area contributed by atoms with E-state index in [2.05, 4.69) is 35.2 Å². The van der Waals surface area contributed by atoms with Crippen LogP contribution in [0.15, 0.2) is 35.3 Å². The summed E-state index contributed by atoms with van der Waals surface area (Å²) in [5.41, 5.74) is 3.84. The minimum atomic E-state index is -0.719. The summed E-state index contributed by atoms with van der Waals surface area (Å²) in [4.78, 5) is 30.6. The van der Waals surface area contributed by atoms with Gasteiger partial charge in [-0.15, -0.1) is 0 Å². The van der Waals surface area contributed by atoms with Gasteiger partial charge in [-0.2, -0.15) is 5.26 Å². The Balaban J connectivity index is 1.64. The molecule has 2 aromatic heterocycles. The topological polar surface area (TPSA) is 114 Å². The first-order chi connectivity index (χ1) is 16.3. The van der Waals surface area contributed by atoms with E-state index in [1.807, 2.05) is 26.0 Å². The number of carboxylic acid groups (broad SMARTS) is 1. The smallest absolute Gasteiger partial charge is 0.303 e. The summed E-state index contributed by atoms with van der Waals surface area (Å²) >= 11 is 0. The molecular formula is C26H33N5O3. The van der Waals surface area contributed by atoms with Crippen molar-refractivity contribution in [1.82, 2.24) is 19.5 Å². The van der Waals surface area contributed by atoms with E-state index < -0.39 is 5.97 Å². The number of H-pyrrole nitrogens is 1. The van der Waals surface area contributed by atoms with Crippen molar-refractivity contribution in [1.29, 1.82) is 5.26 Å². The molecule has 2 heterocycles. The number of aromatic amines is 1. The Bertz CT molecular complexity index is 1220. The second-order valence-corrected chi connectivity index (χ2v) is 9.10. The van der Waals surface area contributed by atoms with Crippen molar-refractivity contribution >= 4 is 11.6 Å². The molecule has 8 heteroatoms. The zero-order valence-electron chi connectivity index (χ0n) is 20.2. The number of carbonyl (C=O) groups is 1. The predicted octanol–water partition coefficient (Wildman–Crippen LogP) is 4.19. The highest BCUT2D eigenvalue weighted by molar-refractivity contribution is 5.68. The molecular weight excluding hydrogens is 430 g/mol. The highest BCUT2D eigenvalue weighted by Crippen LogP contribution is 2.26. The Morgan fingerprint density at radius 2 is 1.88 bits per heavy atom. The molecule has 3 rings (SSSR count). The molecule has 0 atom stereocenters. The summed E-state index contributed by atoms with van der Waals surface area (Å²) < 4.78 is 1.34. The number of aliphatic carboxylic acids is 1. The summed E-state index contributed by atoms with van der Waals surface area (Å²) in [6, 6.07) is 10.2. The third-order valence-corrected chi connectivity index (χ3v) is 6.08. The second-order valence-electron chi connectivity index (χ2n) is 9.10. The van der Waals surface area contributed by atoms with Gasteiger partial charge < -0.3 is 10.0 Å². The number of fused-ring (bicyclic) bond motifs is 1. The Labute approximate surface area is 199 Å². The highest BCUT2D eigenvalue weighted by Gasteiger charge is 2.19. The maximum absolute atomic E-state index is 13.1. The molecule has 0 unspecified atom stereocenters. The quantitative estimate of drug-likeness (QED) is 0.389. The van der Waals surface area contributed by atoms with Crippen LogP contribution in [-0.2, 0) is 11.2 Å². The van der Waals surface area contributed by atoms with Crippen molar-refractivity contribution in [3.8, 4) is 17.3 Å². The van der Waals surface area contributed by atoms with Gasteiger partial charge in [0.15, 0.2) is 5.65 Å². The summed E-state index contributed by atoms with van der Waals surface area (Å²) in [5, 5.41) is 20.9. The van der Waals surface area contributed by atoms with Gasteiger partial charge >= 0.3 is 5.97 Å². The lowest BCUT2D eigenvalue weighted by atomic mass is 9.97. The van der Waals surface area contributed by atoms with Crippen LogP contribution in [0.2, 0.25) is 0 Å². The van der Waals surface area contributed by atoms with E-state index in [1.165, 1.54) is 16.3 Å². The molecule has 0 saturated heterocycles. The van der Waals surface area contributed by atoms with Crippen LogP contribution in [0, 0.1) is 11.3 Å². The molecule has 0 radical (unpaired) electrons. The molecule has 0 aliphatic rings. The van der Waals surface area contributed by atoms with Gasteiger partial charge in [-0.3, -0.25) is 14.7 Å². The number of nitriles is 1. The summed E-state index contributed by atoms with van der Waals surface area (Å²) in [6.45, 7) is 5.87. The Morgan fingerprint density at radius 1 is 1.18 bits per heavy atom. The van der Waals surface area contributed by atoms with Crippen LogP contribution >= 0.6 is 0 Å². The number of hydrogen-bond donors (Lipinski definition) is 2. The van der Waals surface area contributed by atoms with Gasteiger partial charge in [0.25, 0.3) is 5.56 Å². The fourth-order valence-electron chi connectivity index (χ4n) is 4.12. The normalized spacial score (nSPS) is 11.4. The van der Waals surface area contributed by atoms with Crippen molar-refractivity contribution in [3.63, 3.8) is 0 Å².